The van der Waals surface area contributed by atoms with E-state index in [1.165, 1.54) is 6.26 Å². The van der Waals surface area contributed by atoms with Crippen LogP contribution in [-0.4, -0.2) is 33.6 Å². The van der Waals surface area contributed by atoms with Gasteiger partial charge in [0, 0.05) is 12.8 Å². The molecule has 1 rings (SSSR count). The van der Waals surface area contributed by atoms with Crippen LogP contribution in [0.1, 0.15) is 19.4 Å². The van der Waals surface area contributed by atoms with Crippen molar-refractivity contribution in [1.29, 1.82) is 0 Å². The van der Waals surface area contributed by atoms with Gasteiger partial charge in [0.05, 0.1) is 10.8 Å². The van der Waals surface area contributed by atoms with Crippen molar-refractivity contribution in [1.82, 2.24) is 5.32 Å². The summed E-state index contributed by atoms with van der Waals surface area (Å²) < 4.78 is 27.4. The first kappa shape index (κ1) is 17.3. The number of halogens is 1. The number of ether oxygens (including phenoxy) is 1. The molecule has 0 aliphatic rings. The minimum atomic E-state index is -3.01. The summed E-state index contributed by atoms with van der Waals surface area (Å²) in [5.41, 5.74) is 1.08. The van der Waals surface area contributed by atoms with Gasteiger partial charge in [-0.25, -0.2) is 8.42 Å². The maximum atomic E-state index is 11.0. The molecule has 6 heteroatoms. The maximum absolute atomic E-state index is 11.0. The average Bonchev–Trinajstić information content (AvgIpc) is 2.30. The van der Waals surface area contributed by atoms with Crippen LogP contribution in [0.2, 0.25) is 5.02 Å². The molecule has 0 aromatic heterocycles. The zero-order valence-corrected chi connectivity index (χ0v) is 13.7. The Morgan fingerprint density at radius 3 is 2.60 bits per heavy atom. The van der Waals surface area contributed by atoms with Crippen LogP contribution in [0.4, 0.5) is 0 Å². The molecule has 114 valence electrons. The van der Waals surface area contributed by atoms with Gasteiger partial charge in [0.15, 0.2) is 9.84 Å². The Kier molecular flexibility index (Phi) is 6.79. The van der Waals surface area contributed by atoms with Gasteiger partial charge in [-0.05, 0) is 30.2 Å². The summed E-state index contributed by atoms with van der Waals surface area (Å²) in [7, 11) is -3.01. The van der Waals surface area contributed by atoms with E-state index < -0.39 is 9.84 Å². The third kappa shape index (κ3) is 7.12. The molecule has 0 spiro atoms. The number of sulfone groups is 1. The predicted octanol–water partition coefficient (Wildman–Crippen LogP) is 2.51. The Morgan fingerprint density at radius 1 is 1.35 bits per heavy atom. The normalized spacial score (nSPS) is 11.8. The average molecular weight is 320 g/mol. The molecule has 0 radical (unpaired) electrons. The zero-order valence-electron chi connectivity index (χ0n) is 12.1. The molecule has 0 saturated carbocycles. The van der Waals surface area contributed by atoms with Crippen LogP contribution in [-0.2, 0) is 16.4 Å². The molecule has 0 atom stereocenters. The monoisotopic (exact) mass is 319 g/mol. The van der Waals surface area contributed by atoms with E-state index in [1.807, 2.05) is 12.1 Å². The Morgan fingerprint density at radius 2 is 2.05 bits per heavy atom. The number of benzene rings is 1. The van der Waals surface area contributed by atoms with Crippen LogP contribution in [0.3, 0.4) is 0 Å². The summed E-state index contributed by atoms with van der Waals surface area (Å²) >= 11 is 6.12. The molecule has 0 heterocycles. The van der Waals surface area contributed by atoms with Crippen molar-refractivity contribution in [3.8, 4) is 5.75 Å². The van der Waals surface area contributed by atoms with Crippen LogP contribution < -0.4 is 10.1 Å². The lowest BCUT2D eigenvalue weighted by molar-refractivity contribution is 0.341. The molecular weight excluding hydrogens is 298 g/mol. The second kappa shape index (κ2) is 7.86. The molecule has 0 amide bonds. The van der Waals surface area contributed by atoms with E-state index in [9.17, 15) is 8.42 Å². The highest BCUT2D eigenvalue weighted by atomic mass is 35.5. The zero-order chi connectivity index (χ0) is 15.2. The van der Waals surface area contributed by atoms with E-state index in [4.69, 9.17) is 16.3 Å². The van der Waals surface area contributed by atoms with Crippen molar-refractivity contribution >= 4 is 21.4 Å². The molecule has 1 aromatic rings. The highest BCUT2D eigenvalue weighted by Gasteiger charge is 2.06. The van der Waals surface area contributed by atoms with Crippen LogP contribution in [0, 0.1) is 5.92 Å². The van der Waals surface area contributed by atoms with Crippen molar-refractivity contribution in [3.63, 3.8) is 0 Å². The fourth-order valence-electron chi connectivity index (χ4n) is 1.58. The molecule has 1 aromatic carbocycles. The van der Waals surface area contributed by atoms with E-state index in [1.54, 1.807) is 6.07 Å². The summed E-state index contributed by atoms with van der Waals surface area (Å²) in [5, 5.41) is 3.83. The van der Waals surface area contributed by atoms with Gasteiger partial charge in [-0.1, -0.05) is 31.5 Å². The summed E-state index contributed by atoms with van der Waals surface area (Å²) in [6.45, 7) is 6.12. The van der Waals surface area contributed by atoms with Gasteiger partial charge in [0.2, 0.25) is 0 Å². The Hall–Kier alpha value is -0.780. The van der Waals surface area contributed by atoms with Crippen molar-refractivity contribution in [2.75, 3.05) is 25.2 Å². The number of hydrogen-bond donors (Lipinski definition) is 1. The van der Waals surface area contributed by atoms with Gasteiger partial charge >= 0.3 is 0 Å². The van der Waals surface area contributed by atoms with Crippen LogP contribution in [0.25, 0.3) is 0 Å². The second-order valence-electron chi connectivity index (χ2n) is 5.27. The van der Waals surface area contributed by atoms with Crippen molar-refractivity contribution in [2.24, 2.45) is 5.92 Å². The lowest BCUT2D eigenvalue weighted by Gasteiger charge is -2.10. The van der Waals surface area contributed by atoms with Gasteiger partial charge < -0.3 is 10.1 Å². The maximum Gasteiger partial charge on any atom is 0.150 e. The number of rotatable bonds is 8. The molecule has 1 N–H and O–H groups in total. The van der Waals surface area contributed by atoms with Crippen LogP contribution in [0.5, 0.6) is 5.75 Å². The van der Waals surface area contributed by atoms with Crippen LogP contribution >= 0.6 is 11.6 Å². The molecule has 0 aliphatic carbocycles. The third-order valence-corrected chi connectivity index (χ3v) is 3.79. The van der Waals surface area contributed by atoms with Crippen molar-refractivity contribution in [3.05, 3.63) is 28.8 Å². The lowest BCUT2D eigenvalue weighted by Crippen LogP contribution is -2.18. The van der Waals surface area contributed by atoms with E-state index in [0.29, 0.717) is 16.7 Å². The lowest BCUT2D eigenvalue weighted by atomic mass is 10.2. The molecule has 4 nitrogen and oxygen atoms in total. The summed E-state index contributed by atoms with van der Waals surface area (Å²) in [6.07, 6.45) is 1.18. The highest BCUT2D eigenvalue weighted by Crippen LogP contribution is 2.25. The minimum absolute atomic E-state index is 0.0129. The molecule has 0 saturated heterocycles. The van der Waals surface area contributed by atoms with E-state index in [2.05, 4.69) is 19.2 Å². The Labute approximate surface area is 126 Å². The predicted molar refractivity (Wildman–Crippen MR) is 83.2 cm³/mol. The molecule has 0 unspecified atom stereocenters. The topological polar surface area (TPSA) is 55.4 Å². The largest absolute Gasteiger partial charge is 0.491 e. The molecule has 0 aliphatic heterocycles. The first-order valence-corrected chi connectivity index (χ1v) is 9.01. The van der Waals surface area contributed by atoms with Gasteiger partial charge in [-0.2, -0.15) is 0 Å². The summed E-state index contributed by atoms with van der Waals surface area (Å²) in [5.74, 6) is 1.10. The van der Waals surface area contributed by atoms with Crippen molar-refractivity contribution in [2.45, 2.75) is 20.4 Å². The summed E-state index contributed by atoms with van der Waals surface area (Å²) in [4.78, 5) is 0. The first-order valence-electron chi connectivity index (χ1n) is 6.57. The fraction of sp³-hybridized carbons (Fsp3) is 0.571. The summed E-state index contributed by atoms with van der Waals surface area (Å²) in [6, 6.07) is 5.54. The molecular formula is C14H22ClNO3S. The van der Waals surface area contributed by atoms with Crippen LogP contribution in [0.15, 0.2) is 18.2 Å². The second-order valence-corrected chi connectivity index (χ2v) is 7.93. The molecule has 20 heavy (non-hydrogen) atoms. The number of hydrogen-bond acceptors (Lipinski definition) is 4. The minimum Gasteiger partial charge on any atom is -0.491 e. The van der Waals surface area contributed by atoms with Gasteiger partial charge in [0.25, 0.3) is 0 Å². The standard InChI is InChI=1S/C14H22ClNO3S/c1-11(2)9-16-10-12-4-5-14(13(15)8-12)19-6-7-20(3,17)18/h4-5,8,11,16H,6-7,9-10H2,1-3H3. The van der Waals surface area contributed by atoms with E-state index >= 15 is 0 Å². The number of nitrogens with one attached hydrogen (secondary N) is 1. The Balaban J connectivity index is 2.51. The fourth-order valence-corrected chi connectivity index (χ4v) is 2.22. The Bertz CT molecular complexity index is 529. The van der Waals surface area contributed by atoms with E-state index in [-0.39, 0.29) is 12.4 Å². The highest BCUT2D eigenvalue weighted by molar-refractivity contribution is 7.90. The third-order valence-electron chi connectivity index (χ3n) is 2.59. The van der Waals surface area contributed by atoms with Crippen molar-refractivity contribution < 1.29 is 13.2 Å². The van der Waals surface area contributed by atoms with Gasteiger partial charge in [-0.15, -0.1) is 0 Å². The van der Waals surface area contributed by atoms with Gasteiger partial charge in [-0.3, -0.25) is 0 Å². The first-order chi connectivity index (χ1) is 9.28. The quantitative estimate of drug-likeness (QED) is 0.800. The SMILES string of the molecule is CC(C)CNCc1ccc(OCCS(C)(=O)=O)c(Cl)c1. The van der Waals surface area contributed by atoms with Gasteiger partial charge in [0.1, 0.15) is 12.4 Å². The van der Waals surface area contributed by atoms with E-state index in [0.717, 1.165) is 18.7 Å². The molecule has 0 fully saturated rings. The molecule has 0 bridgehead atoms. The smallest absolute Gasteiger partial charge is 0.150 e.